The molecule has 7 heteroatoms. The lowest BCUT2D eigenvalue weighted by molar-refractivity contribution is 0.185. The molecule has 6 nitrogen and oxygen atoms in total. The van der Waals surface area contributed by atoms with Crippen molar-refractivity contribution >= 4 is 10.0 Å². The molecule has 0 bridgehead atoms. The van der Waals surface area contributed by atoms with Crippen LogP contribution in [0.2, 0.25) is 0 Å². The summed E-state index contributed by atoms with van der Waals surface area (Å²) in [5.74, 6) is 0. The van der Waals surface area contributed by atoms with E-state index < -0.39 is 10.0 Å². The predicted molar refractivity (Wildman–Crippen MR) is 105 cm³/mol. The van der Waals surface area contributed by atoms with Gasteiger partial charge < -0.3 is 10.1 Å². The molecule has 1 aromatic carbocycles. The fourth-order valence-electron chi connectivity index (χ4n) is 3.38. The van der Waals surface area contributed by atoms with Crippen molar-refractivity contribution in [2.75, 3.05) is 27.3 Å². The number of nitrogens with zero attached hydrogens (tertiary/aromatic N) is 2. The SMILES string of the molecule is COCCN(C)S(=O)(=O)c1cccc(CNC2CCCc3cccnc32)c1. The number of benzene rings is 1. The molecule has 0 amide bonds. The number of likely N-dealkylation sites (N-methyl/N-ethyl adjacent to an activating group) is 1. The smallest absolute Gasteiger partial charge is 0.242 e. The van der Waals surface area contributed by atoms with Gasteiger partial charge >= 0.3 is 0 Å². The van der Waals surface area contributed by atoms with Crippen LogP contribution in [0.3, 0.4) is 0 Å². The molecule has 27 heavy (non-hydrogen) atoms. The van der Waals surface area contributed by atoms with Crippen molar-refractivity contribution < 1.29 is 13.2 Å². The highest BCUT2D eigenvalue weighted by Gasteiger charge is 2.22. The maximum absolute atomic E-state index is 12.7. The van der Waals surface area contributed by atoms with Gasteiger partial charge in [-0.25, -0.2) is 8.42 Å². The first-order chi connectivity index (χ1) is 13.0. The van der Waals surface area contributed by atoms with E-state index in [1.54, 1.807) is 32.4 Å². The minimum absolute atomic E-state index is 0.208. The lowest BCUT2D eigenvalue weighted by Gasteiger charge is -2.25. The average Bonchev–Trinajstić information content (AvgIpc) is 2.70. The van der Waals surface area contributed by atoms with Crippen LogP contribution in [-0.2, 0) is 27.7 Å². The number of rotatable bonds is 8. The number of aromatic nitrogens is 1. The lowest BCUT2D eigenvalue weighted by Crippen LogP contribution is -2.30. The molecule has 1 aliphatic carbocycles. The first-order valence-corrected chi connectivity index (χ1v) is 10.7. The summed E-state index contributed by atoms with van der Waals surface area (Å²) < 4.78 is 31.7. The molecule has 1 aromatic heterocycles. The lowest BCUT2D eigenvalue weighted by atomic mass is 9.92. The van der Waals surface area contributed by atoms with E-state index in [4.69, 9.17) is 4.74 Å². The molecule has 1 heterocycles. The molecule has 0 spiro atoms. The van der Waals surface area contributed by atoms with Gasteiger partial charge in [-0.15, -0.1) is 0 Å². The van der Waals surface area contributed by atoms with Gasteiger partial charge in [-0.3, -0.25) is 4.98 Å². The van der Waals surface area contributed by atoms with Crippen LogP contribution in [0.1, 0.15) is 35.7 Å². The van der Waals surface area contributed by atoms with E-state index in [2.05, 4.69) is 16.4 Å². The monoisotopic (exact) mass is 389 g/mol. The van der Waals surface area contributed by atoms with Crippen LogP contribution >= 0.6 is 0 Å². The van der Waals surface area contributed by atoms with Crippen LogP contribution < -0.4 is 5.32 Å². The van der Waals surface area contributed by atoms with E-state index in [1.807, 2.05) is 18.3 Å². The van der Waals surface area contributed by atoms with Crippen LogP contribution in [-0.4, -0.2) is 45.0 Å². The summed E-state index contributed by atoms with van der Waals surface area (Å²) in [5.41, 5.74) is 3.36. The van der Waals surface area contributed by atoms with Gasteiger partial charge in [0.1, 0.15) is 0 Å². The highest BCUT2D eigenvalue weighted by Crippen LogP contribution is 2.28. The van der Waals surface area contributed by atoms with Gasteiger partial charge in [0, 0.05) is 33.4 Å². The number of sulfonamides is 1. The molecule has 0 aliphatic heterocycles. The molecule has 1 unspecified atom stereocenters. The van der Waals surface area contributed by atoms with Crippen LogP contribution in [0.25, 0.3) is 0 Å². The molecule has 2 aromatic rings. The number of pyridine rings is 1. The first-order valence-electron chi connectivity index (χ1n) is 9.24. The Morgan fingerprint density at radius 1 is 1.30 bits per heavy atom. The molecule has 1 aliphatic rings. The molecule has 0 radical (unpaired) electrons. The van der Waals surface area contributed by atoms with Gasteiger partial charge in [0.05, 0.1) is 23.2 Å². The Labute approximate surface area is 161 Å². The van der Waals surface area contributed by atoms with Crippen LogP contribution in [0.5, 0.6) is 0 Å². The molecule has 1 N–H and O–H groups in total. The van der Waals surface area contributed by atoms with Crippen molar-refractivity contribution in [1.82, 2.24) is 14.6 Å². The summed E-state index contributed by atoms with van der Waals surface area (Å²) in [4.78, 5) is 4.85. The Balaban J connectivity index is 1.70. The van der Waals surface area contributed by atoms with Gasteiger partial charge in [0.2, 0.25) is 10.0 Å². The molecule has 0 saturated heterocycles. The third-order valence-electron chi connectivity index (χ3n) is 4.96. The van der Waals surface area contributed by atoms with Gasteiger partial charge in [-0.05, 0) is 48.6 Å². The Hall–Kier alpha value is -1.80. The summed E-state index contributed by atoms with van der Waals surface area (Å²) >= 11 is 0. The van der Waals surface area contributed by atoms with Crippen LogP contribution in [0.15, 0.2) is 47.5 Å². The van der Waals surface area contributed by atoms with E-state index in [1.165, 1.54) is 9.87 Å². The molecule has 146 valence electrons. The largest absolute Gasteiger partial charge is 0.383 e. The number of hydrogen-bond donors (Lipinski definition) is 1. The Bertz CT molecular complexity index is 870. The Kier molecular flexibility index (Phi) is 6.59. The Morgan fingerprint density at radius 2 is 2.15 bits per heavy atom. The first kappa shape index (κ1) is 19.9. The van der Waals surface area contributed by atoms with Crippen molar-refractivity contribution in [2.45, 2.75) is 36.7 Å². The maximum Gasteiger partial charge on any atom is 0.242 e. The number of nitrogens with one attached hydrogen (secondary N) is 1. The second-order valence-electron chi connectivity index (χ2n) is 6.84. The second kappa shape index (κ2) is 8.93. The van der Waals surface area contributed by atoms with Crippen molar-refractivity contribution in [3.8, 4) is 0 Å². The second-order valence-corrected chi connectivity index (χ2v) is 8.89. The van der Waals surface area contributed by atoms with Crippen molar-refractivity contribution in [2.24, 2.45) is 0 Å². The normalized spacial score (nSPS) is 17.1. The van der Waals surface area contributed by atoms with Crippen molar-refractivity contribution in [3.63, 3.8) is 0 Å². The average molecular weight is 390 g/mol. The molecule has 3 rings (SSSR count). The van der Waals surface area contributed by atoms with Gasteiger partial charge in [0.25, 0.3) is 0 Å². The third kappa shape index (κ3) is 4.73. The molecule has 0 fully saturated rings. The summed E-state index contributed by atoms with van der Waals surface area (Å²) in [5, 5.41) is 3.55. The summed E-state index contributed by atoms with van der Waals surface area (Å²) in [6.07, 6.45) is 5.08. The van der Waals surface area contributed by atoms with Gasteiger partial charge in [-0.2, -0.15) is 4.31 Å². The number of aryl methyl sites for hydroxylation is 1. The predicted octanol–water partition coefficient (Wildman–Crippen LogP) is 2.52. The van der Waals surface area contributed by atoms with Crippen molar-refractivity contribution in [3.05, 3.63) is 59.4 Å². The van der Waals surface area contributed by atoms with Gasteiger partial charge in [0.15, 0.2) is 0 Å². The highest BCUT2D eigenvalue weighted by atomic mass is 32.2. The minimum atomic E-state index is -3.51. The number of hydrogen-bond acceptors (Lipinski definition) is 5. The minimum Gasteiger partial charge on any atom is -0.383 e. The number of methoxy groups -OCH3 is 1. The Morgan fingerprint density at radius 3 is 2.96 bits per heavy atom. The zero-order valence-corrected chi connectivity index (χ0v) is 16.7. The summed E-state index contributed by atoms with van der Waals surface area (Å²) in [6, 6.07) is 11.5. The highest BCUT2D eigenvalue weighted by molar-refractivity contribution is 7.89. The van der Waals surface area contributed by atoms with Gasteiger partial charge in [-0.1, -0.05) is 18.2 Å². The topological polar surface area (TPSA) is 71.5 Å². The summed E-state index contributed by atoms with van der Waals surface area (Å²) in [7, 11) is -0.378. The number of ether oxygens (including phenoxy) is 1. The van der Waals surface area contributed by atoms with Crippen LogP contribution in [0.4, 0.5) is 0 Å². The van der Waals surface area contributed by atoms with E-state index in [0.29, 0.717) is 24.6 Å². The molecule has 0 saturated carbocycles. The van der Waals surface area contributed by atoms with Crippen LogP contribution in [0, 0.1) is 0 Å². The number of fused-ring (bicyclic) bond motifs is 1. The maximum atomic E-state index is 12.7. The van der Waals surface area contributed by atoms with E-state index in [9.17, 15) is 8.42 Å². The fourth-order valence-corrected chi connectivity index (χ4v) is 4.61. The standard InChI is InChI=1S/C20H27N3O3S/c1-23(12-13-26-2)27(24,25)18-9-3-6-16(14-18)15-22-19-10-4-7-17-8-5-11-21-20(17)19/h3,5-6,8-9,11,14,19,22H,4,7,10,12-13,15H2,1-2H3. The van der Waals surface area contributed by atoms with E-state index >= 15 is 0 Å². The zero-order chi connectivity index (χ0) is 19.3. The molecular formula is C20H27N3O3S. The summed E-state index contributed by atoms with van der Waals surface area (Å²) in [6.45, 7) is 1.29. The molecular weight excluding hydrogens is 362 g/mol. The third-order valence-corrected chi connectivity index (χ3v) is 6.82. The molecule has 1 atom stereocenters. The fraction of sp³-hybridized carbons (Fsp3) is 0.450. The zero-order valence-electron chi connectivity index (χ0n) is 15.9. The van der Waals surface area contributed by atoms with E-state index in [-0.39, 0.29) is 6.04 Å². The quantitative estimate of drug-likeness (QED) is 0.751. The van der Waals surface area contributed by atoms with Crippen molar-refractivity contribution in [1.29, 1.82) is 0 Å². The van der Waals surface area contributed by atoms with E-state index in [0.717, 1.165) is 30.5 Å².